The van der Waals surface area contributed by atoms with Crippen molar-refractivity contribution >= 4 is 23.4 Å². The van der Waals surface area contributed by atoms with Crippen LogP contribution in [0, 0.1) is 15.7 Å². The highest BCUT2D eigenvalue weighted by Crippen LogP contribution is 2.31. The molecule has 0 saturated carbocycles. The van der Waals surface area contributed by atoms with E-state index in [0.717, 1.165) is 68.5 Å². The average Bonchev–Trinajstić information content (AvgIpc) is 3.05. The van der Waals surface area contributed by atoms with Gasteiger partial charge in [-0.1, -0.05) is 0 Å². The van der Waals surface area contributed by atoms with Crippen molar-refractivity contribution in [3.8, 4) is 0 Å². The first-order valence-corrected chi connectivity index (χ1v) is 10.9. The van der Waals surface area contributed by atoms with Crippen molar-refractivity contribution in [1.29, 1.82) is 0 Å². The SMILES string of the molecule is Cn1ccc2c1C(=O)CCN(CCCN1CCN(c3ccc(F)cc3)CC1)S2.O=O. The molecule has 1 aromatic carbocycles. The first-order valence-electron chi connectivity index (χ1n) is 10.1. The minimum atomic E-state index is -0.182. The molecule has 2 aromatic rings. The van der Waals surface area contributed by atoms with Gasteiger partial charge in [-0.05, 0) is 55.2 Å². The average molecular weight is 435 g/mol. The molecule has 0 unspecified atom stereocenters. The fraction of sp³-hybridized carbons (Fsp3) is 0.476. The van der Waals surface area contributed by atoms with E-state index in [-0.39, 0.29) is 11.6 Å². The van der Waals surface area contributed by atoms with Crippen LogP contribution in [0.25, 0.3) is 0 Å². The van der Waals surface area contributed by atoms with E-state index in [2.05, 4.69) is 14.1 Å². The number of halogens is 1. The molecule has 1 saturated heterocycles. The molecule has 2 aliphatic rings. The Balaban J connectivity index is 0.00000124. The maximum absolute atomic E-state index is 13.1. The van der Waals surface area contributed by atoms with E-state index >= 15 is 0 Å². The van der Waals surface area contributed by atoms with Crippen molar-refractivity contribution in [3.63, 3.8) is 0 Å². The number of hydrogen-bond donors (Lipinski definition) is 0. The van der Waals surface area contributed by atoms with Gasteiger partial charge in [-0.25, -0.2) is 8.70 Å². The number of fused-ring (bicyclic) bond motifs is 1. The molecule has 30 heavy (non-hydrogen) atoms. The summed E-state index contributed by atoms with van der Waals surface area (Å²) in [4.78, 5) is 32.2. The Labute approximate surface area is 180 Å². The third kappa shape index (κ3) is 5.47. The molecule has 1 aromatic heterocycles. The highest BCUT2D eigenvalue weighted by Gasteiger charge is 2.24. The fourth-order valence-electron chi connectivity index (χ4n) is 3.95. The second-order valence-electron chi connectivity index (χ2n) is 7.49. The summed E-state index contributed by atoms with van der Waals surface area (Å²) in [5, 5.41) is 0. The molecular weight excluding hydrogens is 407 g/mol. The lowest BCUT2D eigenvalue weighted by atomic mass is 10.2. The normalized spacial score (nSPS) is 17.8. The first-order chi connectivity index (χ1) is 14.6. The van der Waals surface area contributed by atoms with Crippen LogP contribution in [0.1, 0.15) is 23.3 Å². The van der Waals surface area contributed by atoms with Gasteiger partial charge in [0.05, 0.1) is 10.6 Å². The van der Waals surface area contributed by atoms with Crippen LogP contribution in [0.2, 0.25) is 0 Å². The van der Waals surface area contributed by atoms with Gasteiger partial charge in [0.2, 0.25) is 0 Å². The molecule has 4 rings (SSSR count). The number of Topliss-reactive ketones (excluding diaryl/α,β-unsaturated/α-hetero) is 1. The van der Waals surface area contributed by atoms with Crippen molar-refractivity contribution in [2.75, 3.05) is 50.7 Å². The van der Waals surface area contributed by atoms with Crippen molar-refractivity contribution in [2.45, 2.75) is 17.7 Å². The highest BCUT2D eigenvalue weighted by molar-refractivity contribution is 7.97. The Bertz CT molecular complexity index is 837. The van der Waals surface area contributed by atoms with Crippen molar-refractivity contribution in [3.05, 3.63) is 58.0 Å². The summed E-state index contributed by atoms with van der Waals surface area (Å²) in [7, 11) is 1.94. The summed E-state index contributed by atoms with van der Waals surface area (Å²) < 4.78 is 17.4. The predicted molar refractivity (Wildman–Crippen MR) is 118 cm³/mol. The number of aromatic nitrogens is 1. The van der Waals surface area contributed by atoms with E-state index in [1.807, 2.05) is 36.0 Å². The number of anilines is 1. The summed E-state index contributed by atoms with van der Waals surface area (Å²) in [5.41, 5.74) is 1.95. The summed E-state index contributed by atoms with van der Waals surface area (Å²) in [6.45, 7) is 6.90. The highest BCUT2D eigenvalue weighted by atomic mass is 32.2. The lowest BCUT2D eigenvalue weighted by Gasteiger charge is -2.36. The summed E-state index contributed by atoms with van der Waals surface area (Å²) in [6, 6.07) is 8.83. The van der Waals surface area contributed by atoms with E-state index in [1.54, 1.807) is 11.9 Å². The molecule has 0 radical (unpaired) electrons. The number of hydrogen-bond acceptors (Lipinski definition) is 7. The van der Waals surface area contributed by atoms with Gasteiger partial charge in [-0.3, -0.25) is 9.69 Å². The van der Waals surface area contributed by atoms with E-state index in [1.165, 1.54) is 12.1 Å². The summed E-state index contributed by atoms with van der Waals surface area (Å²) in [5.74, 6) is 0.0625. The van der Waals surface area contributed by atoms with Crippen molar-refractivity contribution < 1.29 is 9.18 Å². The standard InChI is InChI=1S/C21H27FN4OS.O2/c1-23-11-8-20-21(23)19(27)7-12-26(28-20)10-2-9-24-13-15-25(16-14-24)18-5-3-17(22)4-6-18;1-2/h3-6,8,11H,2,7,9-10,12-16H2,1H3;. The number of aryl methyl sites for hydroxylation is 1. The van der Waals surface area contributed by atoms with Crippen LogP contribution in [0.3, 0.4) is 0 Å². The second-order valence-corrected chi connectivity index (χ2v) is 8.63. The number of carbonyl (C=O) groups is 1. The third-order valence-electron chi connectivity index (χ3n) is 5.56. The van der Waals surface area contributed by atoms with Crippen LogP contribution < -0.4 is 4.90 Å². The zero-order chi connectivity index (χ0) is 21.5. The van der Waals surface area contributed by atoms with Gasteiger partial charge in [0, 0.05) is 74.6 Å². The van der Waals surface area contributed by atoms with Gasteiger partial charge < -0.3 is 9.47 Å². The Morgan fingerprint density at radius 1 is 0.967 bits per heavy atom. The smallest absolute Gasteiger partial charge is 0.181 e. The Morgan fingerprint density at radius 2 is 1.67 bits per heavy atom. The molecular formula is C21H27FN4O3S. The van der Waals surface area contributed by atoms with Gasteiger partial charge in [-0.2, -0.15) is 0 Å². The topological polar surface area (TPSA) is 65.9 Å². The van der Waals surface area contributed by atoms with Gasteiger partial charge in [0.25, 0.3) is 0 Å². The third-order valence-corrected chi connectivity index (χ3v) is 6.71. The van der Waals surface area contributed by atoms with E-state index < -0.39 is 0 Å². The molecule has 0 N–H and O–H groups in total. The summed E-state index contributed by atoms with van der Waals surface area (Å²) in [6.07, 6.45) is 3.66. The largest absolute Gasteiger partial charge is 0.369 e. The van der Waals surface area contributed by atoms with Gasteiger partial charge >= 0.3 is 0 Å². The maximum atomic E-state index is 13.1. The summed E-state index contributed by atoms with van der Waals surface area (Å²) >= 11 is 1.72. The monoisotopic (exact) mass is 434 g/mol. The molecule has 0 amide bonds. The van der Waals surface area contributed by atoms with Gasteiger partial charge in [-0.15, -0.1) is 0 Å². The number of benzene rings is 1. The van der Waals surface area contributed by atoms with Crippen LogP contribution in [-0.2, 0) is 7.05 Å². The molecule has 7 nitrogen and oxygen atoms in total. The predicted octanol–water partition coefficient (Wildman–Crippen LogP) is 3.34. The Morgan fingerprint density at radius 3 is 2.37 bits per heavy atom. The second kappa shape index (κ2) is 10.7. The van der Waals surface area contributed by atoms with E-state index in [9.17, 15) is 9.18 Å². The molecule has 2 aliphatic heterocycles. The number of piperazine rings is 1. The van der Waals surface area contributed by atoms with Crippen LogP contribution in [0.4, 0.5) is 10.1 Å². The molecule has 9 heteroatoms. The molecule has 1 fully saturated rings. The lowest BCUT2D eigenvalue weighted by Crippen LogP contribution is -2.47. The Hall–Kier alpha value is -2.23. The van der Waals surface area contributed by atoms with Gasteiger partial charge in [0.1, 0.15) is 5.82 Å². The Kier molecular flexibility index (Phi) is 8.01. The van der Waals surface area contributed by atoms with Crippen LogP contribution in [0.15, 0.2) is 41.4 Å². The molecule has 0 spiro atoms. The zero-order valence-corrected chi connectivity index (χ0v) is 17.9. The lowest BCUT2D eigenvalue weighted by molar-refractivity contribution is 0.0968. The number of ketones is 1. The fourth-order valence-corrected chi connectivity index (χ4v) is 5.10. The van der Waals surface area contributed by atoms with E-state index in [4.69, 9.17) is 9.93 Å². The quantitative estimate of drug-likeness (QED) is 0.669. The number of rotatable bonds is 5. The number of carbonyl (C=O) groups excluding carboxylic acids is 1. The van der Waals surface area contributed by atoms with Crippen LogP contribution in [-0.4, -0.2) is 65.4 Å². The van der Waals surface area contributed by atoms with E-state index in [0.29, 0.717) is 6.42 Å². The van der Waals surface area contributed by atoms with Crippen molar-refractivity contribution in [2.24, 2.45) is 7.05 Å². The molecule has 0 atom stereocenters. The van der Waals surface area contributed by atoms with Gasteiger partial charge in [0.15, 0.2) is 5.78 Å². The molecule has 0 aliphatic carbocycles. The zero-order valence-electron chi connectivity index (χ0n) is 17.1. The minimum absolute atomic E-state index is 0.182. The molecule has 3 heterocycles. The maximum Gasteiger partial charge on any atom is 0.181 e. The molecule has 0 bridgehead atoms. The number of nitrogens with zero attached hydrogens (tertiary/aromatic N) is 4. The minimum Gasteiger partial charge on any atom is -0.369 e. The first kappa shape index (κ1) is 22.5. The van der Waals surface area contributed by atoms with Crippen LogP contribution in [0.5, 0.6) is 0 Å². The van der Waals surface area contributed by atoms with Crippen LogP contribution >= 0.6 is 11.9 Å². The molecule has 162 valence electrons. The van der Waals surface area contributed by atoms with Crippen molar-refractivity contribution in [1.82, 2.24) is 13.8 Å².